The van der Waals surface area contributed by atoms with Crippen molar-refractivity contribution in [3.63, 3.8) is 0 Å². The fourth-order valence-electron chi connectivity index (χ4n) is 3.23. The molecule has 0 aliphatic heterocycles. The molecule has 124 valence electrons. The molecule has 2 aliphatic rings. The van der Waals surface area contributed by atoms with Gasteiger partial charge in [-0.2, -0.15) is 0 Å². The van der Waals surface area contributed by atoms with E-state index >= 15 is 0 Å². The summed E-state index contributed by atoms with van der Waals surface area (Å²) in [5.41, 5.74) is 0.949. The van der Waals surface area contributed by atoms with Crippen LogP contribution >= 0.6 is 15.9 Å². The molecule has 0 heterocycles. The number of rotatable bonds is 4. The second-order valence-corrected chi connectivity index (χ2v) is 7.66. The zero-order chi connectivity index (χ0) is 16.4. The molecule has 0 radical (unpaired) electrons. The molecule has 0 unspecified atom stereocenters. The molecule has 0 spiro atoms. The zero-order valence-electron chi connectivity index (χ0n) is 13.5. The zero-order valence-corrected chi connectivity index (χ0v) is 15.0. The highest BCUT2D eigenvalue weighted by molar-refractivity contribution is 9.10. The molecule has 2 N–H and O–H groups in total. The van der Waals surface area contributed by atoms with Crippen molar-refractivity contribution in [2.24, 2.45) is 5.41 Å². The van der Waals surface area contributed by atoms with E-state index in [1.54, 1.807) is 0 Å². The van der Waals surface area contributed by atoms with Crippen molar-refractivity contribution >= 4 is 33.4 Å². The molecule has 1 aromatic rings. The molecule has 2 saturated carbocycles. The monoisotopic (exact) mass is 378 g/mol. The van der Waals surface area contributed by atoms with Gasteiger partial charge in [0.25, 0.3) is 0 Å². The average Bonchev–Trinajstić information content (AvgIpc) is 3.34. The standard InChI is InChI=1S/C18H23BrN2O2/c1-12-11-14(7-8-15(12)19)21-17(23)18(9-10-18)16(22)20-13-5-3-2-4-6-13/h7-8,11,13H,2-6,9-10H2,1H3,(H,20,22)(H,21,23). The fourth-order valence-corrected chi connectivity index (χ4v) is 3.47. The summed E-state index contributed by atoms with van der Waals surface area (Å²) in [6, 6.07) is 5.92. The van der Waals surface area contributed by atoms with Crippen LogP contribution in [-0.4, -0.2) is 17.9 Å². The van der Waals surface area contributed by atoms with E-state index < -0.39 is 5.41 Å². The Bertz CT molecular complexity index is 619. The summed E-state index contributed by atoms with van der Waals surface area (Å²) in [6.45, 7) is 1.97. The van der Waals surface area contributed by atoms with Crippen LogP contribution in [0.2, 0.25) is 0 Å². The molecule has 2 amide bonds. The lowest BCUT2D eigenvalue weighted by atomic mass is 9.94. The molecule has 3 rings (SSSR count). The maximum atomic E-state index is 12.6. The van der Waals surface area contributed by atoms with Gasteiger partial charge >= 0.3 is 0 Å². The Balaban J connectivity index is 1.63. The Labute approximate surface area is 145 Å². The van der Waals surface area contributed by atoms with E-state index in [0.717, 1.165) is 28.6 Å². The van der Waals surface area contributed by atoms with Gasteiger partial charge in [0.05, 0.1) is 0 Å². The number of benzene rings is 1. The summed E-state index contributed by atoms with van der Waals surface area (Å²) in [4.78, 5) is 25.2. The predicted octanol–water partition coefficient (Wildman–Crippen LogP) is 3.93. The van der Waals surface area contributed by atoms with Crippen LogP contribution in [-0.2, 0) is 9.59 Å². The molecule has 0 aromatic heterocycles. The summed E-state index contributed by atoms with van der Waals surface area (Å²) < 4.78 is 1.01. The minimum absolute atomic E-state index is 0.0873. The topological polar surface area (TPSA) is 58.2 Å². The largest absolute Gasteiger partial charge is 0.352 e. The molecule has 2 aliphatic carbocycles. The molecule has 2 fully saturated rings. The first-order valence-electron chi connectivity index (χ1n) is 8.40. The lowest BCUT2D eigenvalue weighted by Crippen LogP contribution is -2.45. The highest BCUT2D eigenvalue weighted by atomic mass is 79.9. The van der Waals surface area contributed by atoms with Gasteiger partial charge in [-0.25, -0.2) is 0 Å². The Morgan fingerprint density at radius 2 is 1.83 bits per heavy atom. The number of halogens is 1. The summed E-state index contributed by atoms with van der Waals surface area (Å²) in [7, 11) is 0. The van der Waals surface area contributed by atoms with Gasteiger partial charge in [0, 0.05) is 16.2 Å². The van der Waals surface area contributed by atoms with Gasteiger partial charge in [0.1, 0.15) is 5.41 Å². The van der Waals surface area contributed by atoms with Crippen LogP contribution in [0, 0.1) is 12.3 Å². The van der Waals surface area contributed by atoms with Gasteiger partial charge in [-0.3, -0.25) is 9.59 Å². The number of anilines is 1. The Kier molecular flexibility index (Phi) is 4.76. The summed E-state index contributed by atoms with van der Waals surface area (Å²) >= 11 is 3.45. The number of aryl methyl sites for hydroxylation is 1. The van der Waals surface area contributed by atoms with Crippen LogP contribution in [0.5, 0.6) is 0 Å². The first-order chi connectivity index (χ1) is 11.0. The van der Waals surface area contributed by atoms with Crippen molar-refractivity contribution in [3.05, 3.63) is 28.2 Å². The van der Waals surface area contributed by atoms with Crippen molar-refractivity contribution in [1.29, 1.82) is 0 Å². The van der Waals surface area contributed by atoms with Crippen molar-refractivity contribution < 1.29 is 9.59 Å². The number of carbonyl (C=O) groups excluding carboxylic acids is 2. The van der Waals surface area contributed by atoms with E-state index in [4.69, 9.17) is 0 Å². The molecule has 4 nitrogen and oxygen atoms in total. The van der Waals surface area contributed by atoms with Crippen LogP contribution in [0.4, 0.5) is 5.69 Å². The number of carbonyl (C=O) groups is 2. The smallest absolute Gasteiger partial charge is 0.240 e. The molecule has 23 heavy (non-hydrogen) atoms. The van der Waals surface area contributed by atoms with Gasteiger partial charge < -0.3 is 10.6 Å². The first kappa shape index (κ1) is 16.5. The van der Waals surface area contributed by atoms with E-state index in [1.165, 1.54) is 19.3 Å². The maximum Gasteiger partial charge on any atom is 0.240 e. The molecule has 1 aromatic carbocycles. The SMILES string of the molecule is Cc1cc(NC(=O)C2(C(=O)NC3CCCCC3)CC2)ccc1Br. The van der Waals surface area contributed by atoms with Gasteiger partial charge in [0.15, 0.2) is 0 Å². The summed E-state index contributed by atoms with van der Waals surface area (Å²) in [6.07, 6.45) is 6.95. The van der Waals surface area contributed by atoms with Gasteiger partial charge in [-0.05, 0) is 56.4 Å². The van der Waals surface area contributed by atoms with E-state index in [9.17, 15) is 9.59 Å². The lowest BCUT2D eigenvalue weighted by Gasteiger charge is -2.25. The summed E-state index contributed by atoms with van der Waals surface area (Å²) in [5, 5.41) is 6.01. The van der Waals surface area contributed by atoms with Crippen molar-refractivity contribution in [3.8, 4) is 0 Å². The van der Waals surface area contributed by atoms with Gasteiger partial charge in [-0.1, -0.05) is 35.2 Å². The van der Waals surface area contributed by atoms with Crippen LogP contribution in [0.3, 0.4) is 0 Å². The third kappa shape index (κ3) is 3.60. The van der Waals surface area contributed by atoms with Crippen molar-refractivity contribution in [2.45, 2.75) is 57.9 Å². The normalized spacial score (nSPS) is 19.9. The van der Waals surface area contributed by atoms with Crippen LogP contribution in [0.1, 0.15) is 50.5 Å². The van der Waals surface area contributed by atoms with Crippen molar-refractivity contribution in [2.75, 3.05) is 5.32 Å². The number of hydrogen-bond donors (Lipinski definition) is 2. The van der Waals surface area contributed by atoms with Crippen molar-refractivity contribution in [1.82, 2.24) is 5.32 Å². The highest BCUT2D eigenvalue weighted by Gasteiger charge is 2.56. The molecule has 0 atom stereocenters. The number of nitrogens with one attached hydrogen (secondary N) is 2. The number of hydrogen-bond acceptors (Lipinski definition) is 2. The molecule has 0 bridgehead atoms. The minimum Gasteiger partial charge on any atom is -0.352 e. The van der Waals surface area contributed by atoms with Crippen LogP contribution < -0.4 is 10.6 Å². The highest BCUT2D eigenvalue weighted by Crippen LogP contribution is 2.47. The quantitative estimate of drug-likeness (QED) is 0.779. The van der Waals surface area contributed by atoms with E-state index in [1.807, 2.05) is 25.1 Å². The van der Waals surface area contributed by atoms with Crippen LogP contribution in [0.15, 0.2) is 22.7 Å². The second-order valence-electron chi connectivity index (χ2n) is 6.81. The maximum absolute atomic E-state index is 12.6. The third-order valence-electron chi connectivity index (χ3n) is 4.98. The number of amides is 2. The van der Waals surface area contributed by atoms with Gasteiger partial charge in [-0.15, -0.1) is 0 Å². The van der Waals surface area contributed by atoms with E-state index in [0.29, 0.717) is 12.8 Å². The summed E-state index contributed by atoms with van der Waals surface area (Å²) in [5.74, 6) is -0.261. The van der Waals surface area contributed by atoms with Crippen LogP contribution in [0.25, 0.3) is 0 Å². The lowest BCUT2D eigenvalue weighted by molar-refractivity contribution is -0.135. The molecule has 5 heteroatoms. The fraction of sp³-hybridized carbons (Fsp3) is 0.556. The first-order valence-corrected chi connectivity index (χ1v) is 9.19. The predicted molar refractivity (Wildman–Crippen MR) is 94.2 cm³/mol. The Morgan fingerprint density at radius 3 is 2.43 bits per heavy atom. The Morgan fingerprint density at radius 1 is 1.13 bits per heavy atom. The second kappa shape index (κ2) is 6.63. The minimum atomic E-state index is -0.849. The molecule has 0 saturated heterocycles. The third-order valence-corrected chi connectivity index (χ3v) is 5.87. The van der Waals surface area contributed by atoms with E-state index in [-0.39, 0.29) is 17.9 Å². The average molecular weight is 379 g/mol. The molecular formula is C18H23BrN2O2. The Hall–Kier alpha value is -1.36. The van der Waals surface area contributed by atoms with E-state index in [2.05, 4.69) is 26.6 Å². The molecular weight excluding hydrogens is 356 g/mol. The van der Waals surface area contributed by atoms with Gasteiger partial charge in [0.2, 0.25) is 11.8 Å².